The largest absolute Gasteiger partial charge is 0.362 e. The monoisotopic (exact) mass is 325 g/mol. The molecule has 2 aromatic heterocycles. The number of aromatic nitrogens is 1. The van der Waals surface area contributed by atoms with E-state index >= 15 is 0 Å². The van der Waals surface area contributed by atoms with Crippen LogP contribution in [0, 0.1) is 6.92 Å². The topological polar surface area (TPSA) is 85.1 Å². The van der Waals surface area contributed by atoms with Gasteiger partial charge in [0.1, 0.15) is 10.7 Å². The molecule has 1 atom stereocenters. The van der Waals surface area contributed by atoms with E-state index < -0.39 is 10.0 Å². The quantitative estimate of drug-likeness (QED) is 0.885. The zero-order valence-corrected chi connectivity index (χ0v) is 13.9. The maximum atomic E-state index is 11.6. The van der Waals surface area contributed by atoms with Gasteiger partial charge in [0.25, 0.3) is 0 Å². The Morgan fingerprint density at radius 3 is 2.76 bits per heavy atom. The minimum absolute atomic E-state index is 0.0147. The second kappa shape index (κ2) is 6.13. The van der Waals surface area contributed by atoms with Gasteiger partial charge in [-0.2, -0.15) is 0 Å². The number of rotatable bonds is 5. The number of sulfonamides is 1. The van der Waals surface area contributed by atoms with Crippen LogP contribution >= 0.6 is 11.3 Å². The Bertz CT molecular complexity index is 738. The molecule has 7 heteroatoms. The molecular formula is C14H19N3O2S2. The summed E-state index contributed by atoms with van der Waals surface area (Å²) in [4.78, 5) is 6.60. The average Bonchev–Trinajstić information content (AvgIpc) is 2.79. The van der Waals surface area contributed by atoms with Crippen molar-refractivity contribution >= 4 is 27.2 Å². The number of hydrogen-bond acceptors (Lipinski definition) is 5. The van der Waals surface area contributed by atoms with Gasteiger partial charge in [-0.3, -0.25) is 0 Å². The van der Waals surface area contributed by atoms with Crippen LogP contribution in [-0.4, -0.2) is 13.4 Å². The fourth-order valence-corrected chi connectivity index (χ4v) is 3.88. The minimum Gasteiger partial charge on any atom is -0.362 e. The van der Waals surface area contributed by atoms with Crippen molar-refractivity contribution in [3.63, 3.8) is 0 Å². The van der Waals surface area contributed by atoms with E-state index in [9.17, 15) is 8.42 Å². The molecular weight excluding hydrogens is 306 g/mol. The molecule has 0 aromatic carbocycles. The van der Waals surface area contributed by atoms with Crippen molar-refractivity contribution in [3.8, 4) is 0 Å². The fourth-order valence-electron chi connectivity index (χ4n) is 2.12. The van der Waals surface area contributed by atoms with E-state index in [0.29, 0.717) is 0 Å². The molecule has 3 N–H and O–H groups in total. The molecule has 0 amide bonds. The number of nitrogens with two attached hydrogens (primary N) is 1. The van der Waals surface area contributed by atoms with Gasteiger partial charge in [-0.25, -0.2) is 18.5 Å². The van der Waals surface area contributed by atoms with E-state index in [1.54, 1.807) is 23.6 Å². The number of pyridine rings is 1. The van der Waals surface area contributed by atoms with Crippen LogP contribution in [0.25, 0.3) is 0 Å². The van der Waals surface area contributed by atoms with Crippen molar-refractivity contribution in [2.24, 2.45) is 5.14 Å². The third kappa shape index (κ3) is 3.61. The van der Waals surface area contributed by atoms with E-state index in [4.69, 9.17) is 5.14 Å². The van der Waals surface area contributed by atoms with Gasteiger partial charge in [0.2, 0.25) is 10.0 Å². The van der Waals surface area contributed by atoms with Gasteiger partial charge in [0.15, 0.2) is 0 Å². The summed E-state index contributed by atoms with van der Waals surface area (Å²) in [6.07, 6.45) is 2.54. The van der Waals surface area contributed by atoms with Crippen molar-refractivity contribution in [2.45, 2.75) is 38.1 Å². The molecule has 0 aliphatic rings. The Labute approximate surface area is 129 Å². The second-order valence-corrected chi connectivity index (χ2v) is 7.57. The average molecular weight is 325 g/mol. The van der Waals surface area contributed by atoms with Gasteiger partial charge in [-0.1, -0.05) is 6.92 Å². The second-order valence-electron chi connectivity index (χ2n) is 4.87. The molecule has 114 valence electrons. The van der Waals surface area contributed by atoms with Crippen LogP contribution in [0.2, 0.25) is 0 Å². The molecule has 21 heavy (non-hydrogen) atoms. The van der Waals surface area contributed by atoms with Gasteiger partial charge in [0, 0.05) is 16.0 Å². The van der Waals surface area contributed by atoms with Crippen molar-refractivity contribution in [3.05, 3.63) is 39.7 Å². The standard InChI is InChI=1S/C14H19N3O2S2/c1-4-11-9(2)8-12(20-11)10(3)17-14-13(21(15,18)19)6-5-7-16-14/h5-8,10H,4H2,1-3H3,(H,16,17)(H2,15,18,19). The Morgan fingerprint density at radius 2 is 2.19 bits per heavy atom. The molecule has 0 radical (unpaired) electrons. The van der Waals surface area contributed by atoms with Gasteiger partial charge in [-0.15, -0.1) is 11.3 Å². The number of anilines is 1. The highest BCUT2D eigenvalue weighted by molar-refractivity contribution is 7.89. The highest BCUT2D eigenvalue weighted by Gasteiger charge is 2.18. The number of hydrogen-bond donors (Lipinski definition) is 2. The first kappa shape index (κ1) is 15.9. The smallest absolute Gasteiger partial charge is 0.241 e. The highest BCUT2D eigenvalue weighted by atomic mass is 32.2. The molecule has 2 aromatic rings. The van der Waals surface area contributed by atoms with Crippen molar-refractivity contribution in [2.75, 3.05) is 5.32 Å². The number of nitrogens with zero attached hydrogens (tertiary/aromatic N) is 1. The third-order valence-corrected chi connectivity index (χ3v) is 5.72. The van der Waals surface area contributed by atoms with Crippen LogP contribution in [0.4, 0.5) is 5.82 Å². The number of thiophene rings is 1. The van der Waals surface area contributed by atoms with Crippen LogP contribution in [0.3, 0.4) is 0 Å². The number of primary sulfonamides is 1. The summed E-state index contributed by atoms with van der Waals surface area (Å²) in [7, 11) is -3.79. The zero-order chi connectivity index (χ0) is 15.6. The molecule has 0 saturated heterocycles. The van der Waals surface area contributed by atoms with Crippen molar-refractivity contribution in [1.82, 2.24) is 4.98 Å². The Kier molecular flexibility index (Phi) is 4.65. The van der Waals surface area contributed by atoms with Crippen LogP contribution in [-0.2, 0) is 16.4 Å². The SMILES string of the molecule is CCc1sc(C(C)Nc2ncccc2S(N)(=O)=O)cc1C. The fraction of sp³-hybridized carbons (Fsp3) is 0.357. The van der Waals surface area contributed by atoms with Crippen LogP contribution in [0.5, 0.6) is 0 Å². The predicted octanol–water partition coefficient (Wildman–Crippen LogP) is 2.83. The van der Waals surface area contributed by atoms with Crippen LogP contribution < -0.4 is 10.5 Å². The van der Waals surface area contributed by atoms with E-state index in [0.717, 1.165) is 11.3 Å². The molecule has 2 rings (SSSR count). The Morgan fingerprint density at radius 1 is 1.48 bits per heavy atom. The summed E-state index contributed by atoms with van der Waals surface area (Å²) in [5.74, 6) is 0.289. The van der Waals surface area contributed by atoms with Gasteiger partial charge in [0.05, 0.1) is 6.04 Å². The van der Waals surface area contributed by atoms with Gasteiger partial charge < -0.3 is 5.32 Å². The van der Waals surface area contributed by atoms with Crippen molar-refractivity contribution < 1.29 is 8.42 Å². The molecule has 0 aliphatic heterocycles. The zero-order valence-electron chi connectivity index (χ0n) is 12.3. The summed E-state index contributed by atoms with van der Waals surface area (Å²) < 4.78 is 23.2. The molecule has 0 bridgehead atoms. The molecule has 0 aliphatic carbocycles. The molecule has 2 heterocycles. The molecule has 0 fully saturated rings. The van der Waals surface area contributed by atoms with E-state index in [1.807, 2.05) is 6.92 Å². The highest BCUT2D eigenvalue weighted by Crippen LogP contribution is 2.30. The Hall–Kier alpha value is -1.44. The minimum atomic E-state index is -3.79. The number of nitrogens with one attached hydrogen (secondary N) is 1. The lowest BCUT2D eigenvalue weighted by molar-refractivity contribution is 0.597. The van der Waals surface area contributed by atoms with E-state index in [2.05, 4.69) is 30.2 Å². The lowest BCUT2D eigenvalue weighted by Gasteiger charge is -2.15. The van der Waals surface area contributed by atoms with Gasteiger partial charge >= 0.3 is 0 Å². The van der Waals surface area contributed by atoms with E-state index in [-0.39, 0.29) is 16.8 Å². The Balaban J connectivity index is 2.29. The first-order chi connectivity index (χ1) is 9.82. The van der Waals surface area contributed by atoms with Crippen molar-refractivity contribution in [1.29, 1.82) is 0 Å². The first-order valence-corrected chi connectivity index (χ1v) is 9.02. The summed E-state index contributed by atoms with van der Waals surface area (Å²) in [6.45, 7) is 6.19. The van der Waals surface area contributed by atoms with E-state index in [1.165, 1.54) is 16.5 Å². The summed E-state index contributed by atoms with van der Waals surface area (Å²) in [6, 6.07) is 5.10. The normalized spacial score (nSPS) is 13.1. The third-order valence-electron chi connectivity index (χ3n) is 3.22. The van der Waals surface area contributed by atoms with Crippen LogP contribution in [0.15, 0.2) is 29.3 Å². The summed E-state index contributed by atoms with van der Waals surface area (Å²) >= 11 is 1.73. The molecule has 5 nitrogen and oxygen atoms in total. The van der Waals surface area contributed by atoms with Crippen LogP contribution in [0.1, 0.15) is 35.2 Å². The molecule has 0 saturated carbocycles. The van der Waals surface area contributed by atoms with Gasteiger partial charge in [-0.05, 0) is 44.0 Å². The molecule has 1 unspecified atom stereocenters. The summed E-state index contributed by atoms with van der Waals surface area (Å²) in [5.41, 5.74) is 1.26. The predicted molar refractivity (Wildman–Crippen MR) is 86.1 cm³/mol. The summed E-state index contributed by atoms with van der Waals surface area (Å²) in [5, 5.41) is 8.35. The lowest BCUT2D eigenvalue weighted by atomic mass is 10.2. The lowest BCUT2D eigenvalue weighted by Crippen LogP contribution is -2.17. The maximum Gasteiger partial charge on any atom is 0.241 e. The first-order valence-electron chi connectivity index (χ1n) is 6.66. The molecule has 0 spiro atoms. The number of aryl methyl sites for hydroxylation is 2. The maximum absolute atomic E-state index is 11.6.